The van der Waals surface area contributed by atoms with Gasteiger partial charge >= 0.3 is 45.2 Å². The Balaban J connectivity index is -0.0000000401. The van der Waals surface area contributed by atoms with Crippen LogP contribution in [0.5, 0.6) is 0 Å². The maximum absolute atomic E-state index is 8.48. The minimum absolute atomic E-state index is 0. The fourth-order valence-corrected chi connectivity index (χ4v) is 0.901. The molecule has 0 unspecified atom stereocenters. The van der Waals surface area contributed by atoms with Gasteiger partial charge in [0.15, 0.2) is 0 Å². The van der Waals surface area contributed by atoms with Gasteiger partial charge in [-0.15, -0.1) is 0 Å². The molecular formula is C9H10MnNO6S2-. The molecule has 2 N–H and O–H groups in total. The van der Waals surface area contributed by atoms with E-state index in [4.69, 9.17) is 28.8 Å². The van der Waals surface area contributed by atoms with E-state index in [0.717, 1.165) is 0 Å². The Labute approximate surface area is 133 Å². The monoisotopic (exact) mass is 347 g/mol. The molecule has 0 heterocycles. The Morgan fingerprint density at radius 2 is 1.11 bits per heavy atom. The van der Waals surface area contributed by atoms with Gasteiger partial charge in [-0.2, -0.15) is 0 Å². The normalized spacial score (nSPS) is 5.37. The third-order valence-electron chi connectivity index (χ3n) is 0.998. The number of rotatable bonds is 4. The zero-order valence-corrected chi connectivity index (χ0v) is 12.3. The summed E-state index contributed by atoms with van der Waals surface area (Å²) in [5, 5.41) is 17.0. The molecule has 0 aromatic rings. The number of aliphatic hydroxyl groups excluding tert-OH is 2. The summed E-state index contributed by atoms with van der Waals surface area (Å²) < 4.78 is 30.3. The maximum atomic E-state index is 8.48. The van der Waals surface area contributed by atoms with Crippen molar-refractivity contribution in [2.45, 2.75) is 0 Å². The van der Waals surface area contributed by atoms with Gasteiger partial charge in [-0.25, -0.2) is 0 Å². The van der Waals surface area contributed by atoms with Crippen LogP contribution in [0.4, 0.5) is 0 Å². The molecule has 10 heteroatoms. The average molecular weight is 347 g/mol. The van der Waals surface area contributed by atoms with Crippen molar-refractivity contribution in [1.82, 2.24) is 4.90 Å². The zero-order valence-electron chi connectivity index (χ0n) is 9.50. The van der Waals surface area contributed by atoms with Crippen molar-refractivity contribution < 1.29 is 45.9 Å². The second-order valence-electron chi connectivity index (χ2n) is 1.70. The van der Waals surface area contributed by atoms with Crippen LogP contribution in [0.25, 0.3) is 0 Å². The summed E-state index contributed by atoms with van der Waals surface area (Å²) in [6.45, 7) is 18.8. The van der Waals surface area contributed by atoms with Crippen molar-refractivity contribution in [2.75, 3.05) is 26.3 Å². The van der Waals surface area contributed by atoms with Gasteiger partial charge in [0.25, 0.3) is 0 Å². The largest absolute Gasteiger partial charge is 0 e. The number of aliphatic hydroxyl groups is 2. The van der Waals surface area contributed by atoms with Crippen molar-refractivity contribution in [2.24, 2.45) is 0 Å². The quantitative estimate of drug-likeness (QED) is 0.221. The van der Waals surface area contributed by atoms with Crippen LogP contribution in [0, 0.1) is 26.6 Å². The maximum Gasteiger partial charge on any atom is 0 e. The Morgan fingerprint density at radius 1 is 0.895 bits per heavy atom. The summed E-state index contributed by atoms with van der Waals surface area (Å²) in [5.41, 5.74) is 0. The number of hydrogen-bond donors (Lipinski definition) is 2. The first-order valence-corrected chi connectivity index (χ1v) is 4.53. The van der Waals surface area contributed by atoms with E-state index in [-0.39, 0.29) is 30.3 Å². The van der Waals surface area contributed by atoms with Crippen molar-refractivity contribution in [3.63, 3.8) is 0 Å². The van der Waals surface area contributed by atoms with Crippen molar-refractivity contribution >= 4 is 29.2 Å². The number of hydrogen-bond acceptors (Lipinski definition) is 4. The summed E-state index contributed by atoms with van der Waals surface area (Å²) in [4.78, 5) is 1.57. The van der Waals surface area contributed by atoms with Crippen LogP contribution in [0.15, 0.2) is 0 Å². The fraction of sp³-hybridized carbons (Fsp3) is 0.444. The fourth-order valence-electron chi connectivity index (χ4n) is 0.536. The Morgan fingerprint density at radius 3 is 1.21 bits per heavy atom. The number of thiocarbonyl (C=S) groups is 1. The first-order chi connectivity index (χ1) is 8.72. The van der Waals surface area contributed by atoms with Gasteiger partial charge in [0.2, 0.25) is 0 Å². The Hall–Kier alpha value is -0.491. The second kappa shape index (κ2) is 52.8. The van der Waals surface area contributed by atoms with Gasteiger partial charge in [-0.05, 0) is 0 Å². The summed E-state index contributed by atoms with van der Waals surface area (Å²) in [6, 6.07) is 0. The van der Waals surface area contributed by atoms with E-state index in [9.17, 15) is 0 Å². The molecule has 0 fully saturated rings. The van der Waals surface area contributed by atoms with Crippen LogP contribution in [0.2, 0.25) is 0 Å². The second-order valence-corrected chi connectivity index (χ2v) is 2.73. The third-order valence-corrected chi connectivity index (χ3v) is 1.51. The molecular weight excluding hydrogens is 337 g/mol. The topological polar surface area (TPSA) is 123 Å². The van der Waals surface area contributed by atoms with Crippen LogP contribution in [0.3, 0.4) is 0 Å². The van der Waals surface area contributed by atoms with Gasteiger partial charge < -0.3 is 40.0 Å². The van der Waals surface area contributed by atoms with E-state index in [1.165, 1.54) is 0 Å². The average Bonchev–Trinajstić information content (AvgIpc) is 2.47. The minimum Gasteiger partial charge on any atom is 0 e. The molecule has 0 bridgehead atoms. The molecule has 19 heavy (non-hydrogen) atoms. The molecule has 0 aliphatic heterocycles. The standard InChI is InChI=1S/C5H11NO2S2.4CO.Mn/c7-3-1-6(2-4-8)5(9)10;4*1-2;/h7-8H,1-4H2,(H,9,10);;;;;/p-1. The molecule has 0 aliphatic rings. The van der Waals surface area contributed by atoms with E-state index >= 15 is 0 Å². The molecule has 0 aromatic heterocycles. The molecule has 0 aromatic carbocycles. The first kappa shape index (κ1) is 36.3. The van der Waals surface area contributed by atoms with Crippen molar-refractivity contribution in [3.8, 4) is 0 Å². The van der Waals surface area contributed by atoms with Crippen molar-refractivity contribution in [1.29, 1.82) is 0 Å². The summed E-state index contributed by atoms with van der Waals surface area (Å²) in [7, 11) is 0. The minimum atomic E-state index is 0. The molecule has 0 saturated heterocycles. The van der Waals surface area contributed by atoms with Crippen molar-refractivity contribution in [3.05, 3.63) is 26.6 Å². The molecule has 0 amide bonds. The summed E-state index contributed by atoms with van der Waals surface area (Å²) in [6.07, 6.45) is 0. The molecule has 0 atom stereocenters. The molecule has 0 aliphatic carbocycles. The van der Waals surface area contributed by atoms with Gasteiger partial charge in [0, 0.05) is 30.2 Å². The van der Waals surface area contributed by atoms with Gasteiger partial charge in [-0.1, -0.05) is 4.32 Å². The van der Waals surface area contributed by atoms with Crippen LogP contribution in [-0.4, -0.2) is 45.7 Å². The molecule has 0 spiro atoms. The van der Waals surface area contributed by atoms with Gasteiger partial charge in [0.05, 0.1) is 13.2 Å². The van der Waals surface area contributed by atoms with E-state index in [1.54, 1.807) is 4.90 Å². The van der Waals surface area contributed by atoms with Crippen LogP contribution < -0.4 is 0 Å². The van der Waals surface area contributed by atoms with E-state index in [0.29, 0.717) is 17.4 Å². The molecule has 7 nitrogen and oxygen atoms in total. The van der Waals surface area contributed by atoms with Gasteiger partial charge in [-0.3, -0.25) is 0 Å². The molecule has 107 valence electrons. The van der Waals surface area contributed by atoms with E-state index in [2.05, 4.69) is 51.4 Å². The van der Waals surface area contributed by atoms with Gasteiger partial charge in [0.1, 0.15) is 0 Å². The summed E-state index contributed by atoms with van der Waals surface area (Å²) >= 11 is 9.33. The van der Waals surface area contributed by atoms with Crippen LogP contribution in [-0.2, 0) is 48.3 Å². The molecule has 1 radical (unpaired) electrons. The summed E-state index contributed by atoms with van der Waals surface area (Å²) in [5.74, 6) is 0. The predicted octanol–water partition coefficient (Wildman–Crippen LogP) is -1.05. The molecule has 0 saturated carbocycles. The van der Waals surface area contributed by atoms with Crippen LogP contribution >= 0.6 is 12.2 Å². The van der Waals surface area contributed by atoms with Crippen LogP contribution in [0.1, 0.15) is 0 Å². The zero-order chi connectivity index (χ0) is 16.0. The predicted molar refractivity (Wildman–Crippen MR) is 61.4 cm³/mol. The Kier molecular flexibility index (Phi) is 101. The van der Waals surface area contributed by atoms with E-state index in [1.807, 2.05) is 0 Å². The first-order valence-electron chi connectivity index (χ1n) is 3.71. The third kappa shape index (κ3) is 46.6. The SMILES string of the molecule is OCCN(CCO)C(=S)[S-].[C-]#[O+].[C-]#[O+].[C-]#[O+].[C-]#[O+].[Mn]. The van der Waals surface area contributed by atoms with E-state index < -0.39 is 0 Å². The smallest absolute Gasteiger partial charge is 0 e. The number of nitrogens with zero attached hydrogens (tertiary/aromatic N) is 1. The molecule has 0 rings (SSSR count). The Bertz CT molecular complexity index is 214.